The number of allylic oxidation sites excluding steroid dienone is 1. The molecule has 0 unspecified atom stereocenters. The lowest BCUT2D eigenvalue weighted by Gasteiger charge is -2.09. The molecule has 0 aliphatic heterocycles. The number of halogens is 3. The first kappa shape index (κ1) is 10.1. The summed E-state index contributed by atoms with van der Waals surface area (Å²) >= 11 is 0. The summed E-state index contributed by atoms with van der Waals surface area (Å²) in [5.41, 5.74) is -0.702. The Kier molecular flexibility index (Phi) is 2.63. The fourth-order valence-electron chi connectivity index (χ4n) is 1.04. The largest absolute Gasteiger partial charge is 0.413 e. The number of alkyl halides is 3. The van der Waals surface area contributed by atoms with E-state index in [9.17, 15) is 18.0 Å². The Hall–Kier alpha value is -1.00. The van der Waals surface area contributed by atoms with E-state index < -0.39 is 23.6 Å². The highest BCUT2D eigenvalue weighted by atomic mass is 19.4. The van der Waals surface area contributed by atoms with Gasteiger partial charge in [0.05, 0.1) is 0 Å². The number of carbonyl (C=O) groups excluding carboxylic acids is 1. The highest BCUT2D eigenvalue weighted by Crippen LogP contribution is 2.44. The van der Waals surface area contributed by atoms with Gasteiger partial charge in [-0.05, 0) is 18.8 Å². The Balaban J connectivity index is 2.78. The predicted molar refractivity (Wildman–Crippen MR) is 40.9 cm³/mol. The molecular weight excluding hydrogens is 183 g/mol. The zero-order valence-corrected chi connectivity index (χ0v) is 7.11. The van der Waals surface area contributed by atoms with Crippen LogP contribution in [0, 0.1) is 5.92 Å². The summed E-state index contributed by atoms with van der Waals surface area (Å²) in [7, 11) is 1.31. The van der Waals surface area contributed by atoms with Crippen molar-refractivity contribution in [2.45, 2.75) is 19.0 Å². The van der Waals surface area contributed by atoms with Crippen LogP contribution in [0.2, 0.25) is 0 Å². The van der Waals surface area contributed by atoms with Crippen LogP contribution in [0.1, 0.15) is 12.8 Å². The molecule has 1 N–H and O–H groups in total. The minimum absolute atomic E-state index is 0.461. The quantitative estimate of drug-likeness (QED) is 0.663. The van der Waals surface area contributed by atoms with Gasteiger partial charge in [0.25, 0.3) is 0 Å². The summed E-state index contributed by atoms with van der Waals surface area (Å²) in [4.78, 5) is 10.7. The Labute approximate surface area is 73.8 Å². The monoisotopic (exact) mass is 193 g/mol. The van der Waals surface area contributed by atoms with Crippen molar-refractivity contribution in [3.8, 4) is 0 Å². The number of carbonyl (C=O) groups is 1. The van der Waals surface area contributed by atoms with Crippen molar-refractivity contribution in [3.05, 3.63) is 11.6 Å². The highest BCUT2D eigenvalue weighted by Gasteiger charge is 2.43. The zero-order valence-electron chi connectivity index (χ0n) is 7.11. The molecule has 1 aliphatic rings. The van der Waals surface area contributed by atoms with E-state index in [1.165, 1.54) is 7.05 Å². The second kappa shape index (κ2) is 3.40. The summed E-state index contributed by atoms with van der Waals surface area (Å²) in [6.07, 6.45) is -2.66. The number of hydrogen-bond acceptors (Lipinski definition) is 1. The third-order valence-electron chi connectivity index (χ3n) is 1.88. The van der Waals surface area contributed by atoms with E-state index in [-0.39, 0.29) is 0 Å². The van der Waals surface area contributed by atoms with Crippen LogP contribution in [-0.2, 0) is 4.79 Å². The lowest BCUT2D eigenvalue weighted by atomic mass is 10.1. The van der Waals surface area contributed by atoms with Gasteiger partial charge < -0.3 is 5.32 Å². The van der Waals surface area contributed by atoms with Crippen LogP contribution in [0.4, 0.5) is 13.2 Å². The Morgan fingerprint density at radius 1 is 1.46 bits per heavy atom. The van der Waals surface area contributed by atoms with E-state index in [2.05, 4.69) is 5.32 Å². The summed E-state index contributed by atoms with van der Waals surface area (Å²) in [5, 5.41) is 2.13. The van der Waals surface area contributed by atoms with Gasteiger partial charge in [-0.3, -0.25) is 4.79 Å². The summed E-state index contributed by atoms with van der Waals surface area (Å²) in [5.74, 6) is -1.16. The molecule has 0 spiro atoms. The second-order valence-corrected chi connectivity index (χ2v) is 2.99. The van der Waals surface area contributed by atoms with Gasteiger partial charge in [-0.2, -0.15) is 13.2 Å². The van der Waals surface area contributed by atoms with Crippen LogP contribution >= 0.6 is 0 Å². The number of likely N-dealkylation sites (N-methyl/N-ethyl adjacent to an activating group) is 1. The Bertz CT molecular complexity index is 240. The lowest BCUT2D eigenvalue weighted by Crippen LogP contribution is -2.20. The standard InChI is InChI=1S/C8H10F3NO/c1-12-7(13)4-6(5-2-3-5)8(9,10)11/h4-5H,2-3H2,1H3,(H,12,13)/b6-4+. The topological polar surface area (TPSA) is 29.1 Å². The molecule has 0 radical (unpaired) electrons. The molecule has 0 bridgehead atoms. The van der Waals surface area contributed by atoms with Gasteiger partial charge in [-0.1, -0.05) is 0 Å². The molecule has 0 heterocycles. The molecule has 1 saturated carbocycles. The van der Waals surface area contributed by atoms with Crippen molar-refractivity contribution in [2.24, 2.45) is 5.92 Å². The molecule has 2 nitrogen and oxygen atoms in total. The SMILES string of the molecule is CNC(=O)/C=C(\C1CC1)C(F)(F)F. The number of amides is 1. The van der Waals surface area contributed by atoms with Crippen LogP contribution in [0.3, 0.4) is 0 Å². The second-order valence-electron chi connectivity index (χ2n) is 2.99. The molecule has 74 valence electrons. The van der Waals surface area contributed by atoms with Crippen LogP contribution in [-0.4, -0.2) is 19.1 Å². The number of rotatable bonds is 2. The number of nitrogens with one attached hydrogen (secondary N) is 1. The molecule has 0 aromatic carbocycles. The maximum Gasteiger partial charge on any atom is 0.413 e. The van der Waals surface area contributed by atoms with E-state index in [0.717, 1.165) is 0 Å². The van der Waals surface area contributed by atoms with Gasteiger partial charge >= 0.3 is 6.18 Å². The Morgan fingerprint density at radius 2 is 2.00 bits per heavy atom. The first-order valence-corrected chi connectivity index (χ1v) is 3.95. The van der Waals surface area contributed by atoms with Crippen LogP contribution < -0.4 is 5.32 Å². The van der Waals surface area contributed by atoms with E-state index in [1.54, 1.807) is 0 Å². The van der Waals surface area contributed by atoms with E-state index in [4.69, 9.17) is 0 Å². The van der Waals surface area contributed by atoms with Crippen LogP contribution in [0.15, 0.2) is 11.6 Å². The molecule has 0 saturated heterocycles. The van der Waals surface area contributed by atoms with Crippen molar-refractivity contribution >= 4 is 5.91 Å². The van der Waals surface area contributed by atoms with Crippen molar-refractivity contribution in [3.63, 3.8) is 0 Å². The average Bonchev–Trinajstić information content (AvgIpc) is 2.80. The van der Waals surface area contributed by atoms with Crippen molar-refractivity contribution in [2.75, 3.05) is 7.05 Å². The first-order chi connectivity index (χ1) is 5.95. The van der Waals surface area contributed by atoms with Gasteiger partial charge in [0.15, 0.2) is 0 Å². The molecule has 0 aromatic heterocycles. The third-order valence-corrected chi connectivity index (χ3v) is 1.88. The van der Waals surface area contributed by atoms with Gasteiger partial charge in [0, 0.05) is 18.7 Å². The Morgan fingerprint density at radius 3 is 2.31 bits per heavy atom. The van der Waals surface area contributed by atoms with Crippen molar-refractivity contribution in [1.82, 2.24) is 5.32 Å². The average molecular weight is 193 g/mol. The first-order valence-electron chi connectivity index (χ1n) is 3.95. The maximum atomic E-state index is 12.3. The van der Waals surface area contributed by atoms with E-state index in [1.807, 2.05) is 0 Å². The summed E-state index contributed by atoms with van der Waals surface area (Å²) in [6, 6.07) is 0. The smallest absolute Gasteiger partial charge is 0.356 e. The minimum Gasteiger partial charge on any atom is -0.356 e. The van der Waals surface area contributed by atoms with Gasteiger partial charge in [-0.15, -0.1) is 0 Å². The molecule has 1 rings (SSSR count). The highest BCUT2D eigenvalue weighted by molar-refractivity contribution is 5.88. The minimum atomic E-state index is -4.37. The van der Waals surface area contributed by atoms with E-state index in [0.29, 0.717) is 18.9 Å². The summed E-state index contributed by atoms with van der Waals surface area (Å²) in [6.45, 7) is 0. The van der Waals surface area contributed by atoms with Crippen LogP contribution in [0.5, 0.6) is 0 Å². The third kappa shape index (κ3) is 2.75. The van der Waals surface area contributed by atoms with Gasteiger partial charge in [-0.25, -0.2) is 0 Å². The summed E-state index contributed by atoms with van der Waals surface area (Å²) < 4.78 is 36.8. The lowest BCUT2D eigenvalue weighted by molar-refractivity contribution is -0.118. The normalized spacial score (nSPS) is 18.6. The molecule has 1 aliphatic carbocycles. The van der Waals surface area contributed by atoms with Gasteiger partial charge in [0.2, 0.25) is 5.91 Å². The maximum absolute atomic E-state index is 12.3. The number of hydrogen-bond donors (Lipinski definition) is 1. The predicted octanol–water partition coefficient (Wildman–Crippen LogP) is 1.63. The van der Waals surface area contributed by atoms with Crippen molar-refractivity contribution in [1.29, 1.82) is 0 Å². The fourth-order valence-corrected chi connectivity index (χ4v) is 1.04. The molecule has 0 aromatic rings. The molecular formula is C8H10F3NO. The van der Waals surface area contributed by atoms with Gasteiger partial charge in [0.1, 0.15) is 0 Å². The van der Waals surface area contributed by atoms with Crippen molar-refractivity contribution < 1.29 is 18.0 Å². The fraction of sp³-hybridized carbons (Fsp3) is 0.625. The van der Waals surface area contributed by atoms with E-state index >= 15 is 0 Å². The molecule has 1 fully saturated rings. The molecule has 5 heteroatoms. The zero-order chi connectivity index (χ0) is 10.1. The molecule has 0 atom stereocenters. The molecule has 1 amide bonds. The molecule has 13 heavy (non-hydrogen) atoms. The van der Waals surface area contributed by atoms with Crippen LogP contribution in [0.25, 0.3) is 0 Å².